The highest BCUT2D eigenvalue weighted by molar-refractivity contribution is 7.14. The van der Waals surface area contributed by atoms with Crippen LogP contribution in [0.5, 0.6) is 5.75 Å². The third-order valence-electron chi connectivity index (χ3n) is 4.73. The fourth-order valence-corrected chi connectivity index (χ4v) is 3.80. The molecule has 0 aliphatic heterocycles. The smallest absolute Gasteiger partial charge is 0.419 e. The van der Waals surface area contributed by atoms with Crippen LogP contribution in [-0.4, -0.2) is 28.5 Å². The summed E-state index contributed by atoms with van der Waals surface area (Å²) in [5.41, 5.74) is 5.42. The van der Waals surface area contributed by atoms with Gasteiger partial charge in [0.05, 0.1) is 24.3 Å². The van der Waals surface area contributed by atoms with E-state index in [-0.39, 0.29) is 24.5 Å². The van der Waals surface area contributed by atoms with Crippen molar-refractivity contribution in [3.63, 3.8) is 0 Å². The summed E-state index contributed by atoms with van der Waals surface area (Å²) >= 11 is 1.05. The van der Waals surface area contributed by atoms with Crippen molar-refractivity contribution in [1.82, 2.24) is 10.2 Å². The van der Waals surface area contributed by atoms with Crippen molar-refractivity contribution in [3.05, 3.63) is 64.7 Å². The van der Waals surface area contributed by atoms with Gasteiger partial charge in [-0.3, -0.25) is 0 Å². The summed E-state index contributed by atoms with van der Waals surface area (Å²) in [5, 5.41) is 17.8. The van der Waals surface area contributed by atoms with Crippen LogP contribution in [0.25, 0.3) is 10.6 Å². The zero-order valence-corrected chi connectivity index (χ0v) is 17.8. The molecule has 5 nitrogen and oxygen atoms in total. The van der Waals surface area contributed by atoms with Crippen molar-refractivity contribution in [2.45, 2.75) is 37.9 Å². The number of alkyl halides is 3. The van der Waals surface area contributed by atoms with E-state index >= 15 is 0 Å². The first-order valence-corrected chi connectivity index (χ1v) is 10.6. The maximum atomic E-state index is 13.6. The first kappa shape index (κ1) is 23.2. The van der Waals surface area contributed by atoms with Gasteiger partial charge in [0, 0.05) is 5.56 Å². The molecular weight excluding hydrogens is 427 g/mol. The molecule has 0 fully saturated rings. The lowest BCUT2D eigenvalue weighted by molar-refractivity contribution is -0.138. The molecule has 0 aliphatic rings. The predicted octanol–water partition coefficient (Wildman–Crippen LogP) is 4.79. The summed E-state index contributed by atoms with van der Waals surface area (Å²) in [6.07, 6.45) is -2.26. The number of rotatable bonds is 9. The van der Waals surface area contributed by atoms with E-state index in [9.17, 15) is 18.3 Å². The van der Waals surface area contributed by atoms with E-state index in [1.54, 1.807) is 6.92 Å². The van der Waals surface area contributed by atoms with Gasteiger partial charge in [-0.05, 0) is 49.9 Å². The Morgan fingerprint density at radius 3 is 2.48 bits per heavy atom. The first-order valence-electron chi connectivity index (χ1n) is 9.83. The monoisotopic (exact) mass is 451 g/mol. The number of nitrogens with two attached hydrogens (primary N) is 1. The van der Waals surface area contributed by atoms with Gasteiger partial charge < -0.3 is 15.6 Å². The van der Waals surface area contributed by atoms with Crippen molar-refractivity contribution < 1.29 is 23.0 Å². The Morgan fingerprint density at radius 2 is 1.81 bits per heavy atom. The van der Waals surface area contributed by atoms with Crippen LogP contribution < -0.4 is 10.5 Å². The van der Waals surface area contributed by atoms with Gasteiger partial charge >= 0.3 is 6.18 Å². The molecule has 31 heavy (non-hydrogen) atoms. The summed E-state index contributed by atoms with van der Waals surface area (Å²) in [6, 6.07) is 13.7. The number of nitrogens with zero attached hydrogens (tertiary/aromatic N) is 2. The Morgan fingerprint density at radius 1 is 1.06 bits per heavy atom. The fourth-order valence-electron chi connectivity index (χ4n) is 2.91. The number of aryl methyl sites for hydroxylation is 1. The zero-order chi connectivity index (χ0) is 22.5. The van der Waals surface area contributed by atoms with Crippen LogP contribution in [0.4, 0.5) is 13.2 Å². The molecule has 1 unspecified atom stereocenters. The summed E-state index contributed by atoms with van der Waals surface area (Å²) in [7, 11) is 0. The van der Waals surface area contributed by atoms with E-state index < -0.39 is 17.3 Å². The van der Waals surface area contributed by atoms with Gasteiger partial charge in [-0.25, -0.2) is 0 Å². The van der Waals surface area contributed by atoms with E-state index in [1.807, 2.05) is 30.3 Å². The standard InChI is InChI=1S/C22H24F3N3O2S/c1-21(26,14-29)20-28-27-19(31-20)16-10-11-18(17(13-16)22(23,24)25)30-12-6-5-9-15-7-3-2-4-8-15/h2-4,7-8,10-11,13,29H,5-6,9,12,14,26H2,1H3. The second kappa shape index (κ2) is 9.76. The van der Waals surface area contributed by atoms with Crippen molar-refractivity contribution in [1.29, 1.82) is 0 Å². The number of hydrogen-bond donors (Lipinski definition) is 2. The number of unbranched alkanes of at least 4 members (excludes halogenated alkanes) is 1. The molecule has 2 aromatic carbocycles. The highest BCUT2D eigenvalue weighted by Crippen LogP contribution is 2.39. The third kappa shape index (κ3) is 6.03. The Bertz CT molecular complexity index is 991. The van der Waals surface area contributed by atoms with Crippen LogP contribution in [0.3, 0.4) is 0 Å². The van der Waals surface area contributed by atoms with Crippen molar-refractivity contribution in [3.8, 4) is 16.3 Å². The lowest BCUT2D eigenvalue weighted by atomic mass is 10.1. The molecule has 9 heteroatoms. The molecule has 0 bridgehead atoms. The topological polar surface area (TPSA) is 81.3 Å². The number of hydrogen-bond acceptors (Lipinski definition) is 6. The highest BCUT2D eigenvalue weighted by Gasteiger charge is 2.35. The van der Waals surface area contributed by atoms with E-state index in [1.165, 1.54) is 17.7 Å². The molecule has 3 rings (SSSR count). The molecule has 166 valence electrons. The SMILES string of the molecule is CC(N)(CO)c1nnc(-c2ccc(OCCCCc3ccccc3)c(C(F)(F)F)c2)s1. The fraction of sp³-hybridized carbons (Fsp3) is 0.364. The molecule has 1 heterocycles. The quantitative estimate of drug-likeness (QED) is 0.457. The molecular formula is C22H24F3N3O2S. The average Bonchev–Trinajstić information content (AvgIpc) is 3.25. The molecule has 0 saturated carbocycles. The molecule has 0 radical (unpaired) electrons. The number of aromatic nitrogens is 2. The van der Waals surface area contributed by atoms with Crippen molar-refractivity contribution in [2.24, 2.45) is 5.73 Å². The van der Waals surface area contributed by atoms with Gasteiger partial charge in [0.15, 0.2) is 0 Å². The number of aliphatic hydroxyl groups is 1. The molecule has 3 N–H and O–H groups in total. The largest absolute Gasteiger partial charge is 0.493 e. The van der Waals surface area contributed by atoms with Crippen LogP contribution >= 0.6 is 11.3 Å². The van der Waals surface area contributed by atoms with Crippen molar-refractivity contribution >= 4 is 11.3 Å². The summed E-state index contributed by atoms with van der Waals surface area (Å²) in [6.45, 7) is 1.42. The van der Waals surface area contributed by atoms with Crippen LogP contribution in [0.2, 0.25) is 0 Å². The lowest BCUT2D eigenvalue weighted by Crippen LogP contribution is -2.36. The molecule has 0 spiro atoms. The van der Waals surface area contributed by atoms with Gasteiger partial charge in [-0.1, -0.05) is 41.7 Å². The molecule has 0 aliphatic carbocycles. The van der Waals surface area contributed by atoms with E-state index in [4.69, 9.17) is 10.5 Å². The molecule has 0 amide bonds. The number of ether oxygens (including phenoxy) is 1. The average molecular weight is 452 g/mol. The minimum absolute atomic E-state index is 0.195. The second-order valence-electron chi connectivity index (χ2n) is 7.49. The van der Waals surface area contributed by atoms with Crippen LogP contribution in [0.15, 0.2) is 48.5 Å². The van der Waals surface area contributed by atoms with Crippen LogP contribution in [-0.2, 0) is 18.1 Å². The zero-order valence-electron chi connectivity index (χ0n) is 17.0. The Balaban J connectivity index is 1.69. The Kier molecular flexibility index (Phi) is 7.30. The normalized spacial score (nSPS) is 13.7. The molecule has 1 atom stereocenters. The minimum Gasteiger partial charge on any atom is -0.493 e. The van der Waals surface area contributed by atoms with Gasteiger partial charge in [-0.15, -0.1) is 10.2 Å². The maximum Gasteiger partial charge on any atom is 0.419 e. The lowest BCUT2D eigenvalue weighted by Gasteiger charge is -2.17. The number of halogens is 3. The molecule has 1 aromatic heterocycles. The van der Waals surface area contributed by atoms with E-state index in [2.05, 4.69) is 10.2 Å². The predicted molar refractivity (Wildman–Crippen MR) is 114 cm³/mol. The maximum absolute atomic E-state index is 13.6. The van der Waals surface area contributed by atoms with E-state index in [0.29, 0.717) is 16.4 Å². The van der Waals surface area contributed by atoms with Gasteiger partial charge in [0.25, 0.3) is 0 Å². The Hall–Kier alpha value is -2.49. The van der Waals surface area contributed by atoms with Crippen LogP contribution in [0, 0.1) is 0 Å². The Labute approximate surface area is 182 Å². The second-order valence-corrected chi connectivity index (χ2v) is 8.47. The van der Waals surface area contributed by atoms with Gasteiger partial charge in [0.1, 0.15) is 15.8 Å². The molecule has 3 aromatic rings. The molecule has 0 saturated heterocycles. The summed E-state index contributed by atoms with van der Waals surface area (Å²) in [4.78, 5) is 0. The summed E-state index contributed by atoms with van der Waals surface area (Å²) in [5.74, 6) is -0.209. The third-order valence-corrected chi connectivity index (χ3v) is 5.99. The van der Waals surface area contributed by atoms with Crippen molar-refractivity contribution in [2.75, 3.05) is 13.2 Å². The summed E-state index contributed by atoms with van der Waals surface area (Å²) < 4.78 is 46.3. The van der Waals surface area contributed by atoms with E-state index in [0.717, 1.165) is 30.2 Å². The number of aliphatic hydroxyl groups excluding tert-OH is 1. The number of benzene rings is 2. The minimum atomic E-state index is -4.57. The highest BCUT2D eigenvalue weighted by atomic mass is 32.1. The van der Waals surface area contributed by atoms with Gasteiger partial charge in [-0.2, -0.15) is 13.2 Å². The first-order chi connectivity index (χ1) is 14.7. The van der Waals surface area contributed by atoms with Gasteiger partial charge in [0.2, 0.25) is 0 Å². The van der Waals surface area contributed by atoms with Crippen LogP contribution in [0.1, 0.15) is 35.9 Å².